The normalized spacial score (nSPS) is 12.3. The second-order valence-electron chi connectivity index (χ2n) is 9.27. The summed E-state index contributed by atoms with van der Waals surface area (Å²) >= 11 is 12.4. The molecule has 4 aromatic rings. The van der Waals surface area contributed by atoms with E-state index in [1.807, 2.05) is 24.4 Å². The van der Waals surface area contributed by atoms with Gasteiger partial charge in [-0.15, -0.1) is 0 Å². The van der Waals surface area contributed by atoms with Gasteiger partial charge < -0.3 is 14.4 Å². The number of carboxylic acid groups (broad SMARTS) is 1. The molecule has 1 atom stereocenters. The van der Waals surface area contributed by atoms with Crippen LogP contribution in [-0.2, 0) is 27.8 Å². The number of aromatic nitrogens is 2. The summed E-state index contributed by atoms with van der Waals surface area (Å²) < 4.78 is 32.5. The molecule has 0 aliphatic carbocycles. The molecule has 1 aromatic heterocycles. The van der Waals surface area contributed by atoms with Gasteiger partial charge in [0, 0.05) is 36.2 Å². The van der Waals surface area contributed by atoms with Crippen molar-refractivity contribution >= 4 is 39.2 Å². The molecule has 0 aliphatic heterocycles. The van der Waals surface area contributed by atoms with Crippen molar-refractivity contribution in [3.8, 4) is 28.1 Å². The Hall–Kier alpha value is -3.37. The van der Waals surface area contributed by atoms with Crippen LogP contribution >= 0.6 is 23.2 Å². The van der Waals surface area contributed by atoms with Crippen molar-refractivity contribution in [2.75, 3.05) is 12.9 Å². The molecule has 2 N–H and O–H groups in total. The molecule has 0 amide bonds. The van der Waals surface area contributed by atoms with Gasteiger partial charge in [-0.3, -0.25) is 4.79 Å². The third-order valence-corrected chi connectivity index (χ3v) is 7.50. The summed E-state index contributed by atoms with van der Waals surface area (Å²) in [6.45, 7) is 2.91. The van der Waals surface area contributed by atoms with Crippen LogP contribution in [0.4, 0.5) is 0 Å². The molecule has 8 nitrogen and oxygen atoms in total. The molecule has 4 rings (SSSR count). The molecule has 11 heteroatoms. The summed E-state index contributed by atoms with van der Waals surface area (Å²) in [4.78, 5) is 16.1. The zero-order valence-corrected chi connectivity index (χ0v) is 24.3. The predicted octanol–water partition coefficient (Wildman–Crippen LogP) is 5.91. The van der Waals surface area contributed by atoms with E-state index in [2.05, 4.69) is 40.5 Å². The Morgan fingerprint density at radius 1 is 1.05 bits per heavy atom. The summed E-state index contributed by atoms with van der Waals surface area (Å²) in [6.07, 6.45) is 3.59. The number of nitrogens with one attached hydrogen (secondary N) is 1. The van der Waals surface area contributed by atoms with E-state index < -0.39 is 22.0 Å². The smallest absolute Gasteiger partial charge is 0.321 e. The lowest BCUT2D eigenvalue weighted by molar-refractivity contribution is -0.139. The van der Waals surface area contributed by atoms with Crippen LogP contribution in [0.5, 0.6) is 5.75 Å². The molecule has 0 saturated carbocycles. The molecule has 0 radical (unpaired) electrons. The van der Waals surface area contributed by atoms with Crippen molar-refractivity contribution in [1.29, 1.82) is 0 Å². The highest BCUT2D eigenvalue weighted by atomic mass is 35.5. The Kier molecular flexibility index (Phi) is 9.52. The minimum Gasteiger partial charge on any atom is -0.494 e. The minimum atomic E-state index is -3.64. The van der Waals surface area contributed by atoms with Crippen LogP contribution < -0.4 is 9.46 Å². The van der Waals surface area contributed by atoms with Gasteiger partial charge in [0.25, 0.3) is 0 Å². The van der Waals surface area contributed by atoms with Crippen LogP contribution in [-0.4, -0.2) is 47.9 Å². The molecule has 1 heterocycles. The van der Waals surface area contributed by atoms with Crippen molar-refractivity contribution in [2.24, 2.45) is 0 Å². The lowest BCUT2D eigenvalue weighted by Gasteiger charge is -2.13. The van der Waals surface area contributed by atoms with Crippen molar-refractivity contribution in [3.63, 3.8) is 0 Å². The summed E-state index contributed by atoms with van der Waals surface area (Å²) in [5.41, 5.74) is 4.80. The number of aliphatic carboxylic acids is 1. The number of hydrogen-bond donors (Lipinski definition) is 2. The molecule has 0 fully saturated rings. The lowest BCUT2D eigenvalue weighted by Crippen LogP contribution is -2.41. The van der Waals surface area contributed by atoms with E-state index in [9.17, 15) is 18.3 Å². The third-order valence-electron chi connectivity index (χ3n) is 6.24. The molecule has 3 aromatic carbocycles. The van der Waals surface area contributed by atoms with Gasteiger partial charge in [-0.25, -0.2) is 18.1 Å². The zero-order chi connectivity index (χ0) is 28.9. The number of halogens is 2. The third kappa shape index (κ3) is 7.85. The highest BCUT2D eigenvalue weighted by Gasteiger charge is 2.21. The van der Waals surface area contributed by atoms with Gasteiger partial charge >= 0.3 is 5.97 Å². The second-order valence-corrected chi connectivity index (χ2v) is 11.9. The first-order valence-corrected chi connectivity index (χ1v) is 15.2. The van der Waals surface area contributed by atoms with E-state index in [1.165, 1.54) is 0 Å². The number of aryl methyl sites for hydroxylation is 1. The highest BCUT2D eigenvalue weighted by Crippen LogP contribution is 2.30. The topological polar surface area (TPSA) is 111 Å². The van der Waals surface area contributed by atoms with Crippen molar-refractivity contribution in [1.82, 2.24) is 14.3 Å². The monoisotopic (exact) mass is 601 g/mol. The molecular weight excluding hydrogens is 573 g/mol. The van der Waals surface area contributed by atoms with Crippen LogP contribution in [0.15, 0.2) is 72.9 Å². The first kappa shape index (κ1) is 29.6. The molecule has 210 valence electrons. The molecule has 1 unspecified atom stereocenters. The summed E-state index contributed by atoms with van der Waals surface area (Å²) in [5.74, 6) is 0.249. The molecule has 0 aliphatic rings. The second kappa shape index (κ2) is 12.9. The van der Waals surface area contributed by atoms with Gasteiger partial charge in [-0.05, 0) is 53.9 Å². The fourth-order valence-corrected chi connectivity index (χ4v) is 5.46. The molecule has 40 heavy (non-hydrogen) atoms. The van der Waals surface area contributed by atoms with E-state index in [0.29, 0.717) is 22.2 Å². The van der Waals surface area contributed by atoms with Crippen LogP contribution in [0.25, 0.3) is 22.4 Å². The van der Waals surface area contributed by atoms with Gasteiger partial charge in [0.1, 0.15) is 17.6 Å². The van der Waals surface area contributed by atoms with Crippen molar-refractivity contribution < 1.29 is 23.1 Å². The maximum absolute atomic E-state index is 11.3. The van der Waals surface area contributed by atoms with Crippen LogP contribution in [0.3, 0.4) is 0 Å². The van der Waals surface area contributed by atoms with Crippen LogP contribution in [0.1, 0.15) is 24.7 Å². The number of nitrogens with zero attached hydrogens (tertiary/aromatic N) is 2. The minimum absolute atomic E-state index is 0.00385. The Morgan fingerprint density at radius 2 is 1.70 bits per heavy atom. The largest absolute Gasteiger partial charge is 0.494 e. The highest BCUT2D eigenvalue weighted by molar-refractivity contribution is 7.88. The van der Waals surface area contributed by atoms with Crippen molar-refractivity contribution in [3.05, 3.63) is 94.4 Å². The fraction of sp³-hybridized carbons (Fsp3) is 0.241. The van der Waals surface area contributed by atoms with E-state index in [1.54, 1.807) is 24.3 Å². The number of sulfonamides is 1. The SMILES string of the molecule is CCn1cc(-c2ccc(Cl)cc2Cl)nc1Cc1ccc(-c2ccc(OCCC(NS(C)(=O)=O)C(=O)O)cc2)cc1. The molecular formula is C29H29Cl2N3O5S. The number of imidazole rings is 1. The van der Waals surface area contributed by atoms with E-state index in [-0.39, 0.29) is 13.0 Å². The summed E-state index contributed by atoms with van der Waals surface area (Å²) in [7, 11) is -3.64. The van der Waals surface area contributed by atoms with Gasteiger partial charge in [0.15, 0.2) is 0 Å². The zero-order valence-electron chi connectivity index (χ0n) is 22.0. The average Bonchev–Trinajstić information content (AvgIpc) is 3.30. The summed E-state index contributed by atoms with van der Waals surface area (Å²) in [5, 5.41) is 10.3. The van der Waals surface area contributed by atoms with E-state index in [0.717, 1.165) is 46.6 Å². The van der Waals surface area contributed by atoms with Crippen molar-refractivity contribution in [2.45, 2.75) is 32.4 Å². The Labute approximate surface area is 243 Å². The number of rotatable bonds is 12. The lowest BCUT2D eigenvalue weighted by atomic mass is 10.0. The number of carboxylic acids is 1. The van der Waals surface area contributed by atoms with Gasteiger partial charge in [-0.2, -0.15) is 0 Å². The van der Waals surface area contributed by atoms with Gasteiger partial charge in [-0.1, -0.05) is 59.6 Å². The molecule has 0 bridgehead atoms. The number of carbonyl (C=O) groups is 1. The average molecular weight is 603 g/mol. The van der Waals surface area contributed by atoms with Crippen LogP contribution in [0, 0.1) is 0 Å². The number of ether oxygens (including phenoxy) is 1. The molecule has 0 spiro atoms. The Balaban J connectivity index is 1.38. The maximum atomic E-state index is 11.3. The van der Waals surface area contributed by atoms with Crippen LogP contribution in [0.2, 0.25) is 10.0 Å². The Morgan fingerprint density at radius 3 is 2.27 bits per heavy atom. The maximum Gasteiger partial charge on any atom is 0.321 e. The summed E-state index contributed by atoms with van der Waals surface area (Å²) in [6, 6.07) is 19.8. The van der Waals surface area contributed by atoms with E-state index >= 15 is 0 Å². The van der Waals surface area contributed by atoms with E-state index in [4.69, 9.17) is 32.9 Å². The molecule has 0 saturated heterocycles. The number of hydrogen-bond acceptors (Lipinski definition) is 5. The fourth-order valence-electron chi connectivity index (χ4n) is 4.22. The first-order chi connectivity index (χ1) is 19.0. The standard InChI is InChI=1S/C29H29Cl2N3O5S/c1-3-34-18-27(24-13-10-22(30)17-25(24)31)32-28(34)16-19-4-6-20(7-5-19)21-8-11-23(12-9-21)39-15-14-26(29(35)36)33-40(2,37)38/h4-13,17-18,26,33H,3,14-16H2,1-2H3,(H,35,36). The number of benzene rings is 3. The predicted molar refractivity (Wildman–Crippen MR) is 158 cm³/mol. The quantitative estimate of drug-likeness (QED) is 0.209. The van der Waals surface area contributed by atoms with Gasteiger partial charge in [0.2, 0.25) is 10.0 Å². The first-order valence-electron chi connectivity index (χ1n) is 12.6. The van der Waals surface area contributed by atoms with Gasteiger partial charge in [0.05, 0.1) is 23.6 Å². The Bertz CT molecular complexity index is 1590.